The van der Waals surface area contributed by atoms with Crippen LogP contribution in [-0.2, 0) is 33.6 Å². The minimum absolute atomic E-state index is 0.0638. The monoisotopic (exact) mass is 604 g/mol. The summed E-state index contributed by atoms with van der Waals surface area (Å²) in [6.07, 6.45) is 11.0. The number of ether oxygens (including phenoxy) is 2. The predicted molar refractivity (Wildman–Crippen MR) is 176 cm³/mol. The molecule has 0 saturated carbocycles. The fourth-order valence-corrected chi connectivity index (χ4v) is 4.85. The first-order valence-electron chi connectivity index (χ1n) is 14.4. The number of alkyl carbamates (subject to hydrolysis) is 2. The van der Waals surface area contributed by atoms with Gasteiger partial charge in [0.15, 0.2) is 8.32 Å². The average molecular weight is 605 g/mol. The molecule has 2 aromatic carbocycles. The van der Waals surface area contributed by atoms with Crippen LogP contribution in [0.4, 0.5) is 9.59 Å². The van der Waals surface area contributed by atoms with E-state index in [1.54, 1.807) is 41.5 Å². The maximum absolute atomic E-state index is 12.4. The van der Waals surface area contributed by atoms with E-state index in [9.17, 15) is 9.59 Å². The molecule has 0 aliphatic heterocycles. The van der Waals surface area contributed by atoms with Crippen molar-refractivity contribution in [2.24, 2.45) is 0 Å². The van der Waals surface area contributed by atoms with E-state index in [-0.39, 0.29) is 18.1 Å². The molecule has 43 heavy (non-hydrogen) atoms. The Morgan fingerprint density at radius 3 is 1.49 bits per heavy atom. The minimum atomic E-state index is -2.00. The Morgan fingerprint density at radius 1 is 0.721 bits per heavy atom. The highest BCUT2D eigenvalue weighted by Crippen LogP contribution is 2.38. The number of nitrogens with one attached hydrogen (secondary N) is 2. The molecule has 2 amide bonds. The van der Waals surface area contributed by atoms with Crippen molar-refractivity contribution in [3.05, 3.63) is 58.1 Å². The zero-order valence-electron chi connectivity index (χ0n) is 27.7. The van der Waals surface area contributed by atoms with Gasteiger partial charge in [-0.05, 0) is 106 Å². The summed E-state index contributed by atoms with van der Waals surface area (Å²) in [6, 6.07) is 9.63. The van der Waals surface area contributed by atoms with Crippen LogP contribution in [0.2, 0.25) is 18.1 Å². The molecular weight excluding hydrogens is 556 g/mol. The summed E-state index contributed by atoms with van der Waals surface area (Å²) in [6.45, 7) is 22.6. The molecule has 2 aromatic rings. The van der Waals surface area contributed by atoms with Crippen molar-refractivity contribution in [1.29, 1.82) is 0 Å². The number of terminal acetylenes is 2. The van der Waals surface area contributed by atoms with Gasteiger partial charge in [0.1, 0.15) is 11.2 Å². The molecule has 0 radical (unpaired) electrons. The predicted octanol–water partition coefficient (Wildman–Crippen LogP) is 7.89. The van der Waals surface area contributed by atoms with E-state index in [0.717, 1.165) is 27.8 Å². The second-order valence-corrected chi connectivity index (χ2v) is 19.0. The fourth-order valence-electron chi connectivity index (χ4n) is 3.89. The lowest BCUT2D eigenvalue weighted by atomic mass is 9.90. The Hall–Kier alpha value is -3.72. The van der Waals surface area contributed by atoms with Gasteiger partial charge in [-0.2, -0.15) is 0 Å². The molecule has 0 spiro atoms. The van der Waals surface area contributed by atoms with Crippen molar-refractivity contribution >= 4 is 20.5 Å². The number of carbonyl (C=O) groups is 2. The number of hydrogen-bond acceptors (Lipinski definition) is 5. The first kappa shape index (κ1) is 35.5. The van der Waals surface area contributed by atoms with E-state index < -0.39 is 31.7 Å². The molecule has 0 aliphatic carbocycles. The van der Waals surface area contributed by atoms with Gasteiger partial charge in [-0.3, -0.25) is 0 Å². The van der Waals surface area contributed by atoms with Crippen LogP contribution < -0.4 is 10.6 Å². The summed E-state index contributed by atoms with van der Waals surface area (Å²) in [5.74, 6) is 5.62. The smallest absolute Gasteiger partial charge is 0.407 e. The average Bonchev–Trinajstić information content (AvgIpc) is 2.86. The van der Waals surface area contributed by atoms with Crippen LogP contribution in [0.25, 0.3) is 11.1 Å². The van der Waals surface area contributed by atoms with Crippen LogP contribution in [-0.4, -0.2) is 31.7 Å². The molecule has 0 saturated heterocycles. The van der Waals surface area contributed by atoms with Crippen molar-refractivity contribution in [2.45, 2.75) is 111 Å². The van der Waals surface area contributed by atoms with Gasteiger partial charge in [0.2, 0.25) is 0 Å². The molecule has 232 valence electrons. The first-order chi connectivity index (χ1) is 19.6. The Morgan fingerprint density at radius 2 is 1.14 bits per heavy atom. The number of amides is 2. The Balaban J connectivity index is 2.52. The van der Waals surface area contributed by atoms with Crippen LogP contribution in [0.1, 0.15) is 90.1 Å². The third-order valence-electron chi connectivity index (χ3n) is 6.93. The Labute approximate surface area is 259 Å². The van der Waals surface area contributed by atoms with Crippen molar-refractivity contribution in [2.75, 3.05) is 0 Å². The summed E-state index contributed by atoms with van der Waals surface area (Å²) in [5.41, 5.74) is 3.95. The van der Waals surface area contributed by atoms with Crippen molar-refractivity contribution in [3.8, 4) is 35.8 Å². The van der Waals surface area contributed by atoms with Crippen molar-refractivity contribution in [3.63, 3.8) is 0 Å². The SMILES string of the molecule is C#Cc1cc(CO[Si](C)(C)C(C)(C)C)cc(C#C)c1-c1cc(CNC(=O)OC(C)(C)C)cc(CNC(=O)OC(C)(C)C)c1. The van der Waals surface area contributed by atoms with Gasteiger partial charge in [-0.15, -0.1) is 12.8 Å². The molecule has 0 unspecified atom stereocenters. The molecule has 0 atom stereocenters. The summed E-state index contributed by atoms with van der Waals surface area (Å²) < 4.78 is 17.2. The lowest BCUT2D eigenvalue weighted by Gasteiger charge is -2.36. The van der Waals surface area contributed by atoms with Gasteiger partial charge in [-0.1, -0.05) is 38.7 Å². The molecule has 0 heterocycles. The van der Waals surface area contributed by atoms with Gasteiger partial charge in [0.25, 0.3) is 0 Å². The van der Waals surface area contributed by atoms with Gasteiger partial charge in [0, 0.05) is 29.8 Å². The van der Waals surface area contributed by atoms with E-state index in [0.29, 0.717) is 17.7 Å². The number of hydrogen-bond donors (Lipinski definition) is 2. The van der Waals surface area contributed by atoms with Crippen LogP contribution >= 0.6 is 0 Å². The maximum atomic E-state index is 12.4. The molecule has 2 N–H and O–H groups in total. The largest absolute Gasteiger partial charge is 0.444 e. The molecule has 0 fully saturated rings. The zero-order valence-corrected chi connectivity index (χ0v) is 28.7. The van der Waals surface area contributed by atoms with Gasteiger partial charge in [-0.25, -0.2) is 9.59 Å². The third kappa shape index (κ3) is 11.1. The fraction of sp³-hybridized carbons (Fsp3) is 0.486. The normalized spacial score (nSPS) is 12.1. The third-order valence-corrected chi connectivity index (χ3v) is 11.4. The van der Waals surface area contributed by atoms with Crippen molar-refractivity contribution in [1.82, 2.24) is 10.6 Å². The summed E-state index contributed by atoms with van der Waals surface area (Å²) in [5, 5.41) is 5.66. The summed E-state index contributed by atoms with van der Waals surface area (Å²) in [4.78, 5) is 24.8. The van der Waals surface area contributed by atoms with Gasteiger partial charge < -0.3 is 24.5 Å². The van der Waals surface area contributed by atoms with E-state index >= 15 is 0 Å². The van der Waals surface area contributed by atoms with Gasteiger partial charge >= 0.3 is 12.2 Å². The Kier molecular flexibility index (Phi) is 11.3. The standard InChI is InChI=1S/C35H48N2O5Si/c1-14-27-19-26(23-40-43(12,13)35(9,10)11)20-28(15-2)30(27)29-17-24(21-36-31(38)41-33(3,4)5)16-25(18-29)22-37-32(39)42-34(6,7)8/h1-2,16-20H,21-23H2,3-13H3,(H,36,38)(H,37,39). The van der Waals surface area contributed by atoms with Gasteiger partial charge in [0.05, 0.1) is 6.61 Å². The molecule has 0 aromatic heterocycles. The van der Waals surface area contributed by atoms with Crippen LogP contribution in [0.3, 0.4) is 0 Å². The molecular formula is C35H48N2O5Si. The number of benzene rings is 2. The quantitative estimate of drug-likeness (QED) is 0.236. The lowest BCUT2D eigenvalue weighted by molar-refractivity contribution is 0.0513. The summed E-state index contributed by atoms with van der Waals surface area (Å²) in [7, 11) is -2.00. The lowest BCUT2D eigenvalue weighted by Crippen LogP contribution is -2.40. The van der Waals surface area contributed by atoms with Crippen LogP contribution in [0.15, 0.2) is 30.3 Å². The molecule has 2 rings (SSSR count). The van der Waals surface area contributed by atoms with Crippen molar-refractivity contribution < 1.29 is 23.5 Å². The minimum Gasteiger partial charge on any atom is -0.444 e. The first-order valence-corrected chi connectivity index (χ1v) is 17.4. The molecule has 0 bridgehead atoms. The highest BCUT2D eigenvalue weighted by Gasteiger charge is 2.37. The number of rotatable bonds is 8. The second kappa shape index (κ2) is 13.7. The zero-order chi connectivity index (χ0) is 32.8. The highest BCUT2D eigenvalue weighted by atomic mass is 28.4. The van der Waals surface area contributed by atoms with Crippen LogP contribution in [0, 0.1) is 24.7 Å². The molecule has 8 heteroatoms. The second-order valence-electron chi connectivity index (χ2n) is 14.2. The summed E-state index contributed by atoms with van der Waals surface area (Å²) >= 11 is 0. The maximum Gasteiger partial charge on any atom is 0.407 e. The Bertz CT molecular complexity index is 1320. The molecule has 0 aliphatic rings. The van der Waals surface area contributed by atoms with E-state index in [1.807, 2.05) is 30.3 Å². The molecule has 7 nitrogen and oxygen atoms in total. The highest BCUT2D eigenvalue weighted by molar-refractivity contribution is 6.74. The van der Waals surface area contributed by atoms with E-state index in [2.05, 4.69) is 56.3 Å². The van der Waals surface area contributed by atoms with Crippen LogP contribution in [0.5, 0.6) is 0 Å². The topological polar surface area (TPSA) is 85.9 Å². The number of carbonyl (C=O) groups excluding carboxylic acids is 2. The van der Waals surface area contributed by atoms with E-state index in [4.69, 9.17) is 26.7 Å². The van der Waals surface area contributed by atoms with E-state index in [1.165, 1.54) is 0 Å².